The van der Waals surface area contributed by atoms with Crippen molar-refractivity contribution in [3.05, 3.63) is 29.8 Å². The standard InChI is InChI=1S/C21H36N4O3/c1-21(2,3)18(28-7)14-23-20(24-15-19(26)25(4)5)22-13-12-16-8-10-17(27-6)11-9-16/h8-11,18H,12-15H2,1-7H3,(H2,22,23,24). The van der Waals surface area contributed by atoms with Crippen LogP contribution in [0.5, 0.6) is 5.75 Å². The fraction of sp³-hybridized carbons (Fsp3) is 0.619. The number of nitrogens with one attached hydrogen (secondary N) is 2. The highest BCUT2D eigenvalue weighted by Crippen LogP contribution is 2.20. The van der Waals surface area contributed by atoms with Crippen molar-refractivity contribution in [1.29, 1.82) is 0 Å². The fourth-order valence-electron chi connectivity index (χ4n) is 2.51. The molecule has 0 fully saturated rings. The van der Waals surface area contributed by atoms with Gasteiger partial charge in [0.1, 0.15) is 12.3 Å². The summed E-state index contributed by atoms with van der Waals surface area (Å²) in [6, 6.07) is 7.98. The number of amides is 1. The number of rotatable bonds is 9. The Bertz CT molecular complexity index is 622. The maximum atomic E-state index is 11.9. The van der Waals surface area contributed by atoms with Gasteiger partial charge in [0.15, 0.2) is 5.96 Å². The molecule has 1 rings (SSSR count). The number of nitrogens with zero attached hydrogens (tertiary/aromatic N) is 2. The number of benzene rings is 1. The van der Waals surface area contributed by atoms with Gasteiger partial charge in [-0.15, -0.1) is 0 Å². The SMILES string of the molecule is COc1ccc(CCNC(=NCC(=O)N(C)C)NCC(OC)C(C)(C)C)cc1. The molecule has 0 aliphatic carbocycles. The maximum absolute atomic E-state index is 11.9. The molecule has 0 aromatic heterocycles. The average Bonchev–Trinajstić information content (AvgIpc) is 2.65. The molecule has 1 unspecified atom stereocenters. The monoisotopic (exact) mass is 392 g/mol. The van der Waals surface area contributed by atoms with E-state index in [4.69, 9.17) is 9.47 Å². The summed E-state index contributed by atoms with van der Waals surface area (Å²) in [4.78, 5) is 17.8. The van der Waals surface area contributed by atoms with Gasteiger partial charge in [-0.25, -0.2) is 4.99 Å². The van der Waals surface area contributed by atoms with Gasteiger partial charge < -0.3 is 25.0 Å². The Labute approximate surface area is 169 Å². The van der Waals surface area contributed by atoms with E-state index in [1.54, 1.807) is 28.3 Å². The molecule has 1 aromatic rings. The predicted octanol–water partition coefficient (Wildman–Crippen LogP) is 1.92. The summed E-state index contributed by atoms with van der Waals surface area (Å²) >= 11 is 0. The molecule has 1 aromatic carbocycles. The lowest BCUT2D eigenvalue weighted by Gasteiger charge is -2.30. The summed E-state index contributed by atoms with van der Waals surface area (Å²) in [7, 11) is 6.82. The first kappa shape index (κ1) is 23.8. The smallest absolute Gasteiger partial charge is 0.243 e. The van der Waals surface area contributed by atoms with Gasteiger partial charge in [-0.05, 0) is 29.5 Å². The lowest BCUT2D eigenvalue weighted by Crippen LogP contribution is -2.46. The van der Waals surface area contributed by atoms with Crippen LogP contribution < -0.4 is 15.4 Å². The van der Waals surface area contributed by atoms with Crippen molar-refractivity contribution >= 4 is 11.9 Å². The number of hydrogen-bond acceptors (Lipinski definition) is 4. The molecule has 0 saturated heterocycles. The van der Waals surface area contributed by atoms with Crippen molar-refractivity contribution in [3.63, 3.8) is 0 Å². The van der Waals surface area contributed by atoms with E-state index < -0.39 is 0 Å². The molecule has 158 valence electrons. The van der Waals surface area contributed by atoms with Gasteiger partial charge in [0.2, 0.25) is 5.91 Å². The van der Waals surface area contributed by atoms with E-state index in [1.165, 1.54) is 10.5 Å². The van der Waals surface area contributed by atoms with Gasteiger partial charge in [-0.3, -0.25) is 4.79 Å². The minimum atomic E-state index is -0.0460. The van der Waals surface area contributed by atoms with Crippen molar-refractivity contribution in [2.45, 2.75) is 33.3 Å². The van der Waals surface area contributed by atoms with Gasteiger partial charge in [-0.2, -0.15) is 0 Å². The van der Waals surface area contributed by atoms with Gasteiger partial charge >= 0.3 is 0 Å². The summed E-state index contributed by atoms with van der Waals surface area (Å²) in [6.45, 7) is 7.79. The number of ether oxygens (including phenoxy) is 2. The number of hydrogen-bond donors (Lipinski definition) is 2. The lowest BCUT2D eigenvalue weighted by atomic mass is 9.89. The zero-order valence-corrected chi connectivity index (χ0v) is 18.3. The number of methoxy groups -OCH3 is 2. The van der Waals surface area contributed by atoms with E-state index >= 15 is 0 Å². The third-order valence-corrected chi connectivity index (χ3v) is 4.44. The minimum Gasteiger partial charge on any atom is -0.497 e. The molecule has 0 aliphatic rings. The Morgan fingerprint density at radius 1 is 1.14 bits per heavy atom. The van der Waals surface area contributed by atoms with Gasteiger partial charge in [-0.1, -0.05) is 32.9 Å². The Morgan fingerprint density at radius 3 is 2.29 bits per heavy atom. The van der Waals surface area contributed by atoms with E-state index in [0.717, 1.165) is 12.2 Å². The summed E-state index contributed by atoms with van der Waals surface area (Å²) in [5.74, 6) is 1.40. The first-order valence-electron chi connectivity index (χ1n) is 9.55. The van der Waals surface area contributed by atoms with Crippen molar-refractivity contribution < 1.29 is 14.3 Å². The van der Waals surface area contributed by atoms with Crippen LogP contribution in [-0.2, 0) is 16.0 Å². The summed E-state index contributed by atoms with van der Waals surface area (Å²) in [5, 5.41) is 6.60. The fourth-order valence-corrected chi connectivity index (χ4v) is 2.51. The second-order valence-corrected chi connectivity index (χ2v) is 7.95. The van der Waals surface area contributed by atoms with Crippen molar-refractivity contribution in [3.8, 4) is 5.75 Å². The van der Waals surface area contributed by atoms with Crippen LogP contribution in [0.2, 0.25) is 0 Å². The van der Waals surface area contributed by atoms with Gasteiger partial charge in [0.05, 0.1) is 13.2 Å². The molecule has 0 aliphatic heterocycles. The predicted molar refractivity (Wildman–Crippen MR) is 114 cm³/mol. The number of aliphatic imine (C=N–C) groups is 1. The largest absolute Gasteiger partial charge is 0.497 e. The average molecular weight is 393 g/mol. The van der Waals surface area contributed by atoms with E-state index in [-0.39, 0.29) is 24.0 Å². The van der Waals surface area contributed by atoms with E-state index in [9.17, 15) is 4.79 Å². The van der Waals surface area contributed by atoms with Crippen LogP contribution in [0.4, 0.5) is 0 Å². The number of likely N-dealkylation sites (N-methyl/N-ethyl adjacent to an activating group) is 1. The second kappa shape index (κ2) is 11.5. The molecule has 1 amide bonds. The van der Waals surface area contributed by atoms with Crippen LogP contribution in [0.3, 0.4) is 0 Å². The van der Waals surface area contributed by atoms with E-state index in [2.05, 4.69) is 36.4 Å². The molecule has 28 heavy (non-hydrogen) atoms. The first-order valence-corrected chi connectivity index (χ1v) is 9.55. The molecule has 1 atom stereocenters. The molecule has 0 spiro atoms. The van der Waals surface area contributed by atoms with Crippen molar-refractivity contribution in [2.75, 3.05) is 47.9 Å². The van der Waals surface area contributed by atoms with Crippen LogP contribution in [0.25, 0.3) is 0 Å². The highest BCUT2D eigenvalue weighted by Gasteiger charge is 2.24. The van der Waals surface area contributed by atoms with Crippen molar-refractivity contribution in [1.82, 2.24) is 15.5 Å². The lowest BCUT2D eigenvalue weighted by molar-refractivity contribution is -0.127. The third-order valence-electron chi connectivity index (χ3n) is 4.44. The molecule has 0 radical (unpaired) electrons. The van der Waals surface area contributed by atoms with Crippen LogP contribution in [0.15, 0.2) is 29.3 Å². The van der Waals surface area contributed by atoms with Crippen molar-refractivity contribution in [2.24, 2.45) is 10.4 Å². The molecule has 7 heteroatoms. The molecule has 7 nitrogen and oxygen atoms in total. The van der Waals surface area contributed by atoms with E-state index in [1.807, 2.05) is 24.3 Å². The normalized spacial score (nSPS) is 13.0. The molecule has 0 bridgehead atoms. The third kappa shape index (κ3) is 8.61. The number of guanidine groups is 1. The molecule has 2 N–H and O–H groups in total. The summed E-state index contributed by atoms with van der Waals surface area (Å²) in [5.41, 5.74) is 1.19. The summed E-state index contributed by atoms with van der Waals surface area (Å²) in [6.07, 6.45) is 0.852. The second-order valence-electron chi connectivity index (χ2n) is 7.95. The van der Waals surface area contributed by atoms with Crippen LogP contribution in [-0.4, -0.2) is 70.8 Å². The Balaban J connectivity index is 2.68. The Kier molecular flexibility index (Phi) is 9.79. The molecule has 0 saturated carbocycles. The minimum absolute atomic E-state index is 0.00455. The van der Waals surface area contributed by atoms with Crippen LogP contribution in [0.1, 0.15) is 26.3 Å². The molecular weight excluding hydrogens is 356 g/mol. The maximum Gasteiger partial charge on any atom is 0.243 e. The van der Waals surface area contributed by atoms with Crippen LogP contribution in [0, 0.1) is 5.41 Å². The van der Waals surface area contributed by atoms with Crippen LogP contribution >= 0.6 is 0 Å². The zero-order chi connectivity index (χ0) is 21.2. The zero-order valence-electron chi connectivity index (χ0n) is 18.3. The quantitative estimate of drug-likeness (QED) is 0.496. The number of carbonyl (C=O) groups is 1. The number of carbonyl (C=O) groups excluding carboxylic acids is 1. The van der Waals surface area contributed by atoms with Gasteiger partial charge in [0, 0.05) is 34.3 Å². The summed E-state index contributed by atoms with van der Waals surface area (Å²) < 4.78 is 10.8. The van der Waals surface area contributed by atoms with Gasteiger partial charge in [0.25, 0.3) is 0 Å². The highest BCUT2D eigenvalue weighted by molar-refractivity contribution is 5.84. The molecular formula is C21H36N4O3. The topological polar surface area (TPSA) is 75.2 Å². The first-order chi connectivity index (χ1) is 13.2. The Hall–Kier alpha value is -2.28. The van der Waals surface area contributed by atoms with E-state index in [0.29, 0.717) is 19.0 Å². The Morgan fingerprint density at radius 2 is 1.79 bits per heavy atom. The highest BCUT2D eigenvalue weighted by atomic mass is 16.5. The molecule has 0 heterocycles.